The van der Waals surface area contributed by atoms with Crippen LogP contribution in [0, 0.1) is 13.8 Å². The van der Waals surface area contributed by atoms with Gasteiger partial charge >= 0.3 is 11.9 Å². The fraction of sp³-hybridized carbons (Fsp3) is 0.250. The van der Waals surface area contributed by atoms with Crippen molar-refractivity contribution in [1.29, 1.82) is 0 Å². The molecule has 0 bridgehead atoms. The largest absolute Gasteiger partial charge is 0.478 e. The fourth-order valence-corrected chi connectivity index (χ4v) is 6.33. The second-order valence-electron chi connectivity index (χ2n) is 10.4. The first-order chi connectivity index (χ1) is 19.5. The number of ether oxygens (including phenoxy) is 1. The average molecular weight is 570 g/mol. The molecule has 0 saturated heterocycles. The van der Waals surface area contributed by atoms with Crippen molar-refractivity contribution >= 4 is 29.4 Å². The molecule has 9 heteroatoms. The smallest absolute Gasteiger partial charge is 0.338 e. The fourth-order valence-electron chi connectivity index (χ4n) is 5.30. The number of carboxylic acids is 1. The van der Waals surface area contributed by atoms with Gasteiger partial charge in [0.05, 0.1) is 34.5 Å². The van der Waals surface area contributed by atoms with E-state index >= 15 is 0 Å². The maximum absolute atomic E-state index is 14.0. The van der Waals surface area contributed by atoms with E-state index in [0.717, 1.165) is 33.8 Å². The highest BCUT2D eigenvalue weighted by atomic mass is 32.1. The summed E-state index contributed by atoms with van der Waals surface area (Å²) in [4.78, 5) is 43.3. The van der Waals surface area contributed by atoms with Gasteiger partial charge in [0.2, 0.25) is 0 Å². The number of carbonyl (C=O) groups is 2. The Morgan fingerprint density at radius 1 is 1.05 bits per heavy atom. The number of hydrogen-bond acceptors (Lipinski definition) is 6. The van der Waals surface area contributed by atoms with Gasteiger partial charge in [-0.15, -0.1) is 0 Å². The molecule has 0 saturated carbocycles. The van der Waals surface area contributed by atoms with Gasteiger partial charge in [-0.3, -0.25) is 9.36 Å². The number of fused-ring (bicyclic) bond motifs is 1. The number of thiazole rings is 1. The van der Waals surface area contributed by atoms with Crippen LogP contribution in [0.5, 0.6) is 0 Å². The van der Waals surface area contributed by atoms with Gasteiger partial charge in [0.1, 0.15) is 0 Å². The summed E-state index contributed by atoms with van der Waals surface area (Å²) in [5.74, 6) is -1.15. The SMILES string of the molecule is COC(=O)C1=C(C)N=c2sc(=Cc3cc(C)n(-c4ccc(C(=O)O)cc4)c3C)c(=O)n2C1c1ccc(C(C)C)cc1. The first-order valence-corrected chi connectivity index (χ1v) is 14.1. The van der Waals surface area contributed by atoms with Crippen LogP contribution in [0.25, 0.3) is 11.8 Å². The van der Waals surface area contributed by atoms with E-state index in [1.807, 2.05) is 54.8 Å². The monoisotopic (exact) mass is 569 g/mol. The molecule has 2 aromatic heterocycles. The quantitative estimate of drug-likeness (QED) is 0.341. The number of nitrogens with zero attached hydrogens (tertiary/aromatic N) is 3. The predicted octanol–water partition coefficient (Wildman–Crippen LogP) is 4.64. The highest BCUT2D eigenvalue weighted by molar-refractivity contribution is 7.07. The molecule has 1 N–H and O–H groups in total. The lowest BCUT2D eigenvalue weighted by atomic mass is 9.93. The highest BCUT2D eigenvalue weighted by Gasteiger charge is 2.33. The Balaban J connectivity index is 1.65. The number of carboxylic acid groups (broad SMARTS) is 1. The minimum absolute atomic E-state index is 0.215. The van der Waals surface area contributed by atoms with Crippen molar-refractivity contribution in [3.63, 3.8) is 0 Å². The van der Waals surface area contributed by atoms with Gasteiger partial charge in [-0.05, 0) is 79.8 Å². The summed E-state index contributed by atoms with van der Waals surface area (Å²) in [5.41, 5.74) is 6.33. The van der Waals surface area contributed by atoms with Gasteiger partial charge in [-0.2, -0.15) is 0 Å². The predicted molar refractivity (Wildman–Crippen MR) is 159 cm³/mol. The summed E-state index contributed by atoms with van der Waals surface area (Å²) >= 11 is 1.28. The first kappa shape index (κ1) is 28.0. The zero-order valence-electron chi connectivity index (χ0n) is 23.8. The molecule has 4 aromatic rings. The molecule has 0 fully saturated rings. The van der Waals surface area contributed by atoms with Crippen molar-refractivity contribution in [2.45, 2.75) is 46.6 Å². The third kappa shape index (κ3) is 4.97. The molecule has 5 rings (SSSR count). The molecule has 0 aliphatic carbocycles. The summed E-state index contributed by atoms with van der Waals surface area (Å²) in [6.07, 6.45) is 1.85. The average Bonchev–Trinajstić information content (AvgIpc) is 3.41. The Bertz CT molecular complexity index is 1890. The minimum Gasteiger partial charge on any atom is -0.478 e. The number of aromatic carboxylic acids is 1. The molecular formula is C32H31N3O5S. The lowest BCUT2D eigenvalue weighted by molar-refractivity contribution is -0.136. The Morgan fingerprint density at radius 3 is 2.29 bits per heavy atom. The molecule has 3 heterocycles. The number of rotatable bonds is 6. The Labute approximate surface area is 241 Å². The zero-order chi connectivity index (χ0) is 29.6. The van der Waals surface area contributed by atoms with E-state index in [-0.39, 0.29) is 11.1 Å². The van der Waals surface area contributed by atoms with E-state index in [1.165, 1.54) is 18.4 Å². The highest BCUT2D eigenvalue weighted by Crippen LogP contribution is 2.31. The van der Waals surface area contributed by atoms with Gasteiger partial charge in [-0.1, -0.05) is 49.4 Å². The lowest BCUT2D eigenvalue weighted by Gasteiger charge is -2.24. The summed E-state index contributed by atoms with van der Waals surface area (Å²) in [6.45, 7) is 9.92. The van der Waals surface area contributed by atoms with Crippen LogP contribution in [-0.4, -0.2) is 33.3 Å². The van der Waals surface area contributed by atoms with Gasteiger partial charge in [0.15, 0.2) is 4.80 Å². The topological polar surface area (TPSA) is 103 Å². The minimum atomic E-state index is -0.978. The summed E-state index contributed by atoms with van der Waals surface area (Å²) in [6, 6.07) is 16.0. The number of esters is 1. The molecule has 0 spiro atoms. The normalized spacial score (nSPS) is 15.2. The third-order valence-corrected chi connectivity index (χ3v) is 8.46. The van der Waals surface area contributed by atoms with Crippen LogP contribution < -0.4 is 14.9 Å². The van der Waals surface area contributed by atoms with Crippen LogP contribution >= 0.6 is 11.3 Å². The second-order valence-corrected chi connectivity index (χ2v) is 11.4. The molecule has 1 atom stereocenters. The van der Waals surface area contributed by atoms with Crippen molar-refractivity contribution in [3.8, 4) is 5.69 Å². The van der Waals surface area contributed by atoms with Crippen LogP contribution in [0.3, 0.4) is 0 Å². The van der Waals surface area contributed by atoms with E-state index in [2.05, 4.69) is 18.8 Å². The van der Waals surface area contributed by atoms with Gasteiger partial charge < -0.3 is 14.4 Å². The number of benzene rings is 2. The molecule has 8 nitrogen and oxygen atoms in total. The van der Waals surface area contributed by atoms with Crippen molar-refractivity contribution in [2.24, 2.45) is 4.99 Å². The van der Waals surface area contributed by atoms with Crippen LogP contribution in [0.1, 0.15) is 71.2 Å². The van der Waals surface area contributed by atoms with E-state index in [4.69, 9.17) is 4.74 Å². The Hall–Kier alpha value is -4.50. The maximum Gasteiger partial charge on any atom is 0.338 e. The molecule has 41 heavy (non-hydrogen) atoms. The van der Waals surface area contributed by atoms with Crippen LogP contribution in [0.2, 0.25) is 0 Å². The van der Waals surface area contributed by atoms with Crippen molar-refractivity contribution < 1.29 is 19.4 Å². The van der Waals surface area contributed by atoms with Gasteiger partial charge in [0.25, 0.3) is 5.56 Å². The van der Waals surface area contributed by atoms with E-state index < -0.39 is 18.0 Å². The number of allylic oxidation sites excluding steroid dienone is 1. The molecule has 2 aromatic carbocycles. The second kappa shape index (κ2) is 10.8. The van der Waals surface area contributed by atoms with Gasteiger partial charge in [-0.25, -0.2) is 14.6 Å². The summed E-state index contributed by atoms with van der Waals surface area (Å²) < 4.78 is 9.22. The molecule has 1 aliphatic rings. The zero-order valence-corrected chi connectivity index (χ0v) is 24.6. The number of aryl methyl sites for hydroxylation is 1. The number of carbonyl (C=O) groups excluding carboxylic acids is 1. The Morgan fingerprint density at radius 2 is 1.71 bits per heavy atom. The first-order valence-electron chi connectivity index (χ1n) is 13.2. The van der Waals surface area contributed by atoms with Crippen molar-refractivity contribution in [2.75, 3.05) is 7.11 Å². The summed E-state index contributed by atoms with van der Waals surface area (Å²) in [5, 5.41) is 9.24. The molecular weight excluding hydrogens is 538 g/mol. The third-order valence-electron chi connectivity index (χ3n) is 7.48. The number of hydrogen-bond donors (Lipinski definition) is 1. The van der Waals surface area contributed by atoms with Crippen molar-refractivity contribution in [1.82, 2.24) is 9.13 Å². The number of methoxy groups -OCH3 is 1. The van der Waals surface area contributed by atoms with Crippen molar-refractivity contribution in [3.05, 3.63) is 119 Å². The number of aromatic nitrogens is 2. The van der Waals surface area contributed by atoms with E-state index in [1.54, 1.807) is 35.8 Å². The maximum atomic E-state index is 14.0. The van der Waals surface area contributed by atoms with Crippen LogP contribution in [0.4, 0.5) is 0 Å². The van der Waals surface area contributed by atoms with E-state index in [9.17, 15) is 19.5 Å². The van der Waals surface area contributed by atoms with Crippen LogP contribution in [-0.2, 0) is 9.53 Å². The Kier molecular flexibility index (Phi) is 7.40. The molecule has 1 unspecified atom stereocenters. The van der Waals surface area contributed by atoms with Gasteiger partial charge in [0, 0.05) is 17.1 Å². The van der Waals surface area contributed by atoms with Crippen LogP contribution in [0.15, 0.2) is 75.7 Å². The van der Waals surface area contributed by atoms with E-state index in [0.29, 0.717) is 26.5 Å². The standard InChI is InChI=1S/C32H31N3O5S/c1-17(2)21-7-9-22(10-8-21)28-27(31(39)40-6)19(4)33-32-35(28)29(36)26(41-32)16-24-15-18(3)34(20(24)5)25-13-11-23(12-14-25)30(37)38/h7-17,28H,1-6H3,(H,37,38). The molecule has 0 radical (unpaired) electrons. The molecule has 1 aliphatic heterocycles. The molecule has 0 amide bonds. The molecule has 210 valence electrons. The lowest BCUT2D eigenvalue weighted by Crippen LogP contribution is -2.39. The summed E-state index contributed by atoms with van der Waals surface area (Å²) in [7, 11) is 1.33.